The van der Waals surface area contributed by atoms with Gasteiger partial charge in [0.1, 0.15) is 0 Å². The summed E-state index contributed by atoms with van der Waals surface area (Å²) in [4.78, 5) is 18.2. The number of allylic oxidation sites excluding steroid dienone is 2. The van der Waals surface area contributed by atoms with E-state index in [2.05, 4.69) is 116 Å². The average molecular weight is 1050 g/mol. The van der Waals surface area contributed by atoms with E-state index in [1.165, 1.54) is 62.9 Å². The number of aryl methyl sites for hydroxylation is 2. The van der Waals surface area contributed by atoms with Crippen molar-refractivity contribution in [1.29, 1.82) is 0 Å². The van der Waals surface area contributed by atoms with Crippen molar-refractivity contribution in [1.82, 2.24) is 4.98 Å². The maximum absolute atomic E-state index is 11.7. The number of rotatable bonds is 10. The molecule has 6 heteroatoms. The fourth-order valence-corrected chi connectivity index (χ4v) is 13.1. The van der Waals surface area contributed by atoms with Crippen LogP contribution in [0.4, 0.5) is 0 Å². The van der Waals surface area contributed by atoms with E-state index < -0.39 is 20.4 Å². The van der Waals surface area contributed by atoms with E-state index in [0.29, 0.717) is 0 Å². The molecule has 295 valence electrons. The van der Waals surface area contributed by atoms with Crippen molar-refractivity contribution in [3.63, 3.8) is 0 Å². The fourth-order valence-electron chi connectivity index (χ4n) is 7.52. The molecule has 0 aliphatic heterocycles. The van der Waals surface area contributed by atoms with Crippen molar-refractivity contribution in [3.05, 3.63) is 101 Å². The molecule has 6 rings (SSSR count). The second-order valence-electron chi connectivity index (χ2n) is 17.1. The number of fused-ring (bicyclic) bond motifs is 3. The number of aromatic nitrogens is 1. The molecular formula is C49H60IrNO2STe-. The number of thiophene rings is 1. The van der Waals surface area contributed by atoms with Crippen LogP contribution in [0.1, 0.15) is 117 Å². The Balaban J connectivity index is 0.000000360. The summed E-state index contributed by atoms with van der Waals surface area (Å²) in [5.74, 6) is 0.547. The van der Waals surface area contributed by atoms with Gasteiger partial charge in [0.05, 0.1) is 5.76 Å². The first-order valence-corrected chi connectivity index (χ1v) is 23.0. The summed E-state index contributed by atoms with van der Waals surface area (Å²) < 4.78 is 4.45. The first-order valence-electron chi connectivity index (χ1n) is 19.8. The Morgan fingerprint density at radius 2 is 1.51 bits per heavy atom. The molecule has 0 aliphatic rings. The zero-order valence-corrected chi connectivity index (χ0v) is 40.5. The van der Waals surface area contributed by atoms with Crippen LogP contribution in [0.25, 0.3) is 49.4 Å². The summed E-state index contributed by atoms with van der Waals surface area (Å²) >= 11 is 1.37. The molecular weight excluding hydrogens is 986 g/mol. The van der Waals surface area contributed by atoms with Gasteiger partial charge < -0.3 is 5.11 Å². The number of hydrogen-bond acceptors (Lipinski definition) is 4. The number of nitrogens with zero attached hydrogens (tertiary/aromatic N) is 1. The quantitative estimate of drug-likeness (QED) is 0.0644. The third kappa shape index (κ3) is 10.3. The number of carbonyl (C=O) groups is 1. The molecule has 3 aromatic heterocycles. The summed E-state index contributed by atoms with van der Waals surface area (Å²) in [6.45, 7) is 26.6. The normalized spacial score (nSPS) is 12.4. The molecule has 0 unspecified atom stereocenters. The van der Waals surface area contributed by atoms with Gasteiger partial charge in [-0.2, -0.15) is 0 Å². The van der Waals surface area contributed by atoms with Gasteiger partial charge in [0.2, 0.25) is 0 Å². The summed E-state index contributed by atoms with van der Waals surface area (Å²) in [6, 6.07) is 24.1. The van der Waals surface area contributed by atoms with Crippen molar-refractivity contribution in [2.45, 2.75) is 121 Å². The molecule has 3 aromatic carbocycles. The zero-order valence-electron chi connectivity index (χ0n) is 35.0. The molecule has 0 amide bonds. The first kappa shape index (κ1) is 45.1. The van der Waals surface area contributed by atoms with Crippen LogP contribution >= 0.6 is 11.3 Å². The molecule has 1 N–H and O–H groups in total. The second kappa shape index (κ2) is 18.8. The van der Waals surface area contributed by atoms with E-state index in [4.69, 9.17) is 4.98 Å². The second-order valence-corrected chi connectivity index (χ2v) is 21.1. The molecule has 0 aliphatic carbocycles. The predicted octanol–water partition coefficient (Wildman–Crippen LogP) is 14.2. The predicted molar refractivity (Wildman–Crippen MR) is 236 cm³/mol. The average Bonchev–Trinajstić information content (AvgIpc) is 3.63. The van der Waals surface area contributed by atoms with Crippen molar-refractivity contribution >= 4 is 67.2 Å². The maximum Gasteiger partial charge on any atom is 0 e. The summed E-state index contributed by atoms with van der Waals surface area (Å²) in [5.41, 5.74) is 8.28. The number of benzene rings is 3. The smallest absolute Gasteiger partial charge is 0 e. The van der Waals surface area contributed by atoms with Crippen molar-refractivity contribution < 1.29 is 30.0 Å². The molecule has 55 heavy (non-hydrogen) atoms. The summed E-state index contributed by atoms with van der Waals surface area (Å²) in [7, 11) is 0. The van der Waals surface area contributed by atoms with Gasteiger partial charge in [-0.25, -0.2) is 0 Å². The molecule has 0 fully saturated rings. The van der Waals surface area contributed by atoms with Gasteiger partial charge in [0, 0.05) is 38.0 Å². The Morgan fingerprint density at radius 3 is 2.13 bits per heavy atom. The fraction of sp³-hybridized carbons (Fsp3) is 0.429. The third-order valence-electron chi connectivity index (χ3n) is 10.7. The minimum Gasteiger partial charge on any atom is 0 e. The van der Waals surface area contributed by atoms with E-state index in [1.54, 1.807) is 3.58 Å². The van der Waals surface area contributed by atoms with E-state index in [0.717, 1.165) is 43.4 Å². The molecule has 0 spiro atoms. The molecule has 3 nitrogen and oxygen atoms in total. The van der Waals surface area contributed by atoms with Crippen LogP contribution in [0.15, 0.2) is 72.6 Å². The monoisotopic (exact) mass is 1050 g/mol. The molecule has 0 saturated heterocycles. The van der Waals surface area contributed by atoms with Crippen LogP contribution in [-0.2, 0) is 36.7 Å². The Bertz CT molecular complexity index is 2290. The van der Waals surface area contributed by atoms with E-state index in [1.807, 2.05) is 45.2 Å². The molecule has 6 aromatic rings. The van der Waals surface area contributed by atoms with Crippen molar-refractivity contribution in [3.8, 4) is 19.7 Å². The molecule has 0 atom stereocenters. The Hall–Kier alpha value is -2.58. The topological polar surface area (TPSA) is 50.2 Å². The number of hydrogen-bond donors (Lipinski definition) is 1. The van der Waals surface area contributed by atoms with Crippen LogP contribution < -0.4 is 0 Å². The maximum atomic E-state index is 11.7. The molecule has 1 radical (unpaired) electrons. The summed E-state index contributed by atoms with van der Waals surface area (Å²) in [6.07, 6.45) is 8.01. The van der Waals surface area contributed by atoms with Crippen LogP contribution in [0.5, 0.6) is 0 Å². The number of aliphatic hydroxyl groups is 1. The van der Waals surface area contributed by atoms with E-state index in [9.17, 15) is 9.90 Å². The molecule has 3 heterocycles. The number of ketones is 1. The van der Waals surface area contributed by atoms with Gasteiger partial charge in [-0.3, -0.25) is 4.79 Å². The van der Waals surface area contributed by atoms with Gasteiger partial charge in [0.15, 0.2) is 5.78 Å². The number of pyridine rings is 1. The number of aliphatic hydroxyl groups excluding tert-OH is 1. The van der Waals surface area contributed by atoms with Gasteiger partial charge in [-0.05, 0) is 25.7 Å². The van der Waals surface area contributed by atoms with Gasteiger partial charge >= 0.3 is 248 Å². The Labute approximate surface area is 358 Å². The minimum atomic E-state index is -0.604. The van der Waals surface area contributed by atoms with E-state index in [-0.39, 0.29) is 54.3 Å². The van der Waals surface area contributed by atoms with Crippen molar-refractivity contribution in [2.75, 3.05) is 0 Å². The van der Waals surface area contributed by atoms with E-state index >= 15 is 0 Å². The van der Waals surface area contributed by atoms with Crippen LogP contribution in [-0.4, -0.2) is 36.3 Å². The summed E-state index contributed by atoms with van der Waals surface area (Å²) in [5, 5.41) is 15.0. The molecule has 0 saturated carbocycles. The van der Waals surface area contributed by atoms with Crippen molar-refractivity contribution in [2.24, 2.45) is 17.3 Å². The SMILES string of the molecule is CCC(CC)C(=O)/C=C(\O)C(CC)CC.Cc1c(-c2[te]c3c(-c4[c-]c5ccccc5c(C(C)(C)C)c4)nccc3c2C)sc2ccc(CC(C)(C)C)cc12.[Ir]. The standard InChI is InChI=1S/C36H36NSTe.C13H24O2.Ir/c1-21-28-17-23(20-35(3,4)5)13-14-30(28)38-32(21)33-22(2)26-15-16-37-31(34(26)39-33)25-18-24-11-9-10-12-27(24)29(19-25)36(6,7)8;1-5-10(6-2)12(14)9-13(15)11(7-3)8-4;/h9-17,19H,20H2,1-8H3;9-11,14H,5-8H2,1-4H3;/q-1;;/b;12-9-;. The zero-order chi connectivity index (χ0) is 39.5. The Kier molecular flexibility index (Phi) is 15.4. The van der Waals surface area contributed by atoms with Gasteiger partial charge in [-0.15, -0.1) is 0 Å². The van der Waals surface area contributed by atoms with Crippen LogP contribution in [0.2, 0.25) is 0 Å². The minimum absolute atomic E-state index is 0. The third-order valence-corrected chi connectivity index (χ3v) is 16.2. The van der Waals surface area contributed by atoms with Crippen LogP contribution in [0, 0.1) is 37.2 Å². The first-order chi connectivity index (χ1) is 25.5. The Morgan fingerprint density at radius 1 is 0.855 bits per heavy atom. The van der Waals surface area contributed by atoms with Crippen LogP contribution in [0.3, 0.4) is 0 Å². The van der Waals surface area contributed by atoms with Gasteiger partial charge in [0.25, 0.3) is 0 Å². The molecule has 0 bridgehead atoms. The van der Waals surface area contributed by atoms with Gasteiger partial charge in [-0.1, -0.05) is 27.7 Å². The number of carbonyl (C=O) groups excluding carboxylic acids is 1. The largest absolute Gasteiger partial charge is 0 e.